The van der Waals surface area contributed by atoms with Crippen LogP contribution in [0.1, 0.15) is 71.6 Å². The van der Waals surface area contributed by atoms with Crippen molar-refractivity contribution in [3.8, 4) is 0 Å². The summed E-state index contributed by atoms with van der Waals surface area (Å²) in [5, 5.41) is 74.5. The van der Waals surface area contributed by atoms with E-state index in [0.717, 1.165) is 38.5 Å². The van der Waals surface area contributed by atoms with Crippen molar-refractivity contribution in [2.75, 3.05) is 6.61 Å². The van der Waals surface area contributed by atoms with Crippen LogP contribution in [0.4, 0.5) is 0 Å². The molecule has 14 heteroatoms. The van der Waals surface area contributed by atoms with Gasteiger partial charge in [-0.2, -0.15) is 0 Å². The van der Waals surface area contributed by atoms with Crippen LogP contribution in [-0.2, 0) is 28.5 Å². The van der Waals surface area contributed by atoms with Gasteiger partial charge in [-0.1, -0.05) is 39.0 Å². The van der Waals surface area contributed by atoms with Crippen LogP contribution in [0.2, 0.25) is 0 Å². The summed E-state index contributed by atoms with van der Waals surface area (Å²) in [4.78, 5) is 12.0. The second-order valence-electron chi connectivity index (χ2n) is 12.3. The van der Waals surface area contributed by atoms with E-state index in [1.807, 2.05) is 6.92 Å². The molecular weight excluding hydrogens is 567 g/mol. The zero-order valence-corrected chi connectivity index (χ0v) is 26.8. The molecule has 2 heterocycles. The van der Waals surface area contributed by atoms with E-state index in [9.17, 15) is 40.5 Å². The minimum atomic E-state index is -1.60. The van der Waals surface area contributed by atoms with Crippen molar-refractivity contribution in [3.05, 3.63) is 0 Å². The average Bonchev–Trinajstić information content (AvgIpc) is 2.95. The third-order valence-electron chi connectivity index (χ3n) is 9.10. The van der Waals surface area contributed by atoms with Crippen LogP contribution in [0.5, 0.6) is 0 Å². The van der Waals surface area contributed by atoms with Gasteiger partial charge < -0.3 is 64.2 Å². The summed E-state index contributed by atoms with van der Waals surface area (Å²) in [5.74, 6) is -1.11. The standard InChI is InChI=1S/C28H48O13.Na/c1-13-8-9-16(39-27-23(33)22(32)20(30)14(2)37-27)17(10-13)40-28-24(34)25(21(31)19(12-29)41-28)38-18(26(35)36)11-15-6-4-3-5-7-15;/h13-25,27-34H,3-12H2,1-2H3,(H,35,36);/q;+1/p-1/t13?,14-,16+,17+,18-,19+,20+,21-,22+,23-,24+,25-,27-,28+;/m0./s1. The Morgan fingerprint density at radius 3 is 2.12 bits per heavy atom. The quantitative estimate of drug-likeness (QED) is 0.128. The summed E-state index contributed by atoms with van der Waals surface area (Å²) in [6.07, 6.45) is -9.43. The average molecular weight is 615 g/mol. The second kappa shape index (κ2) is 16.5. The Hall–Kier alpha value is 0.0300. The molecule has 13 nitrogen and oxygen atoms in total. The van der Waals surface area contributed by atoms with Crippen LogP contribution in [0.25, 0.3) is 0 Å². The molecule has 0 aromatic heterocycles. The molecule has 42 heavy (non-hydrogen) atoms. The number of carbonyl (C=O) groups is 1. The molecular formula is C28H47NaO13. The number of carboxylic acids is 1. The van der Waals surface area contributed by atoms with Crippen LogP contribution in [0, 0.1) is 11.8 Å². The summed E-state index contributed by atoms with van der Waals surface area (Å²) in [7, 11) is 0. The normalized spacial score (nSPS) is 44.2. The minimum Gasteiger partial charge on any atom is -0.547 e. The molecule has 4 rings (SSSR count). The first kappa shape index (κ1) is 36.5. The Labute approximate surface area is 268 Å². The van der Waals surface area contributed by atoms with Gasteiger partial charge in [0, 0.05) is 0 Å². The van der Waals surface area contributed by atoms with Crippen molar-refractivity contribution in [3.63, 3.8) is 0 Å². The zero-order valence-electron chi connectivity index (χ0n) is 24.8. The molecule has 0 aromatic rings. The Morgan fingerprint density at radius 2 is 1.48 bits per heavy atom. The number of aliphatic hydroxyl groups excluding tert-OH is 6. The van der Waals surface area contributed by atoms with Gasteiger partial charge in [-0.15, -0.1) is 0 Å². The van der Waals surface area contributed by atoms with E-state index in [1.165, 1.54) is 0 Å². The largest absolute Gasteiger partial charge is 1.00 e. The van der Waals surface area contributed by atoms with Crippen molar-refractivity contribution < 1.29 is 93.8 Å². The van der Waals surface area contributed by atoms with E-state index < -0.39 is 92.3 Å². The summed E-state index contributed by atoms with van der Waals surface area (Å²) < 4.78 is 29.3. The van der Waals surface area contributed by atoms with Crippen molar-refractivity contribution in [1.29, 1.82) is 0 Å². The van der Waals surface area contributed by atoms with Crippen molar-refractivity contribution in [2.24, 2.45) is 11.8 Å². The van der Waals surface area contributed by atoms with E-state index >= 15 is 0 Å². The fourth-order valence-corrected chi connectivity index (χ4v) is 6.52. The molecule has 0 amide bonds. The fraction of sp³-hybridized carbons (Fsp3) is 0.964. The zero-order chi connectivity index (χ0) is 29.8. The number of rotatable bonds is 10. The molecule has 4 aliphatic rings. The number of hydrogen-bond donors (Lipinski definition) is 6. The molecule has 1 unspecified atom stereocenters. The minimum absolute atomic E-state index is 0. The van der Waals surface area contributed by atoms with Gasteiger partial charge in [-0.25, -0.2) is 0 Å². The van der Waals surface area contributed by atoms with Gasteiger partial charge in [-0.05, 0) is 44.4 Å². The molecule has 0 spiro atoms. The first-order valence-corrected chi connectivity index (χ1v) is 15.0. The van der Waals surface area contributed by atoms with E-state index in [-0.39, 0.29) is 47.8 Å². The van der Waals surface area contributed by atoms with Gasteiger partial charge in [-0.3, -0.25) is 0 Å². The maximum Gasteiger partial charge on any atom is 1.00 e. The summed E-state index contributed by atoms with van der Waals surface area (Å²) in [6, 6.07) is 0. The molecule has 2 saturated carbocycles. The van der Waals surface area contributed by atoms with E-state index in [2.05, 4.69) is 0 Å². The Balaban J connectivity index is 0.00000484. The monoisotopic (exact) mass is 614 g/mol. The van der Waals surface area contributed by atoms with Crippen LogP contribution >= 0.6 is 0 Å². The van der Waals surface area contributed by atoms with Gasteiger partial charge in [0.05, 0.1) is 37.0 Å². The van der Waals surface area contributed by atoms with Gasteiger partial charge in [0.1, 0.15) is 42.7 Å². The van der Waals surface area contributed by atoms with Crippen LogP contribution < -0.4 is 34.7 Å². The van der Waals surface area contributed by atoms with Crippen LogP contribution in [-0.4, -0.2) is 123 Å². The molecule has 6 N–H and O–H groups in total. The topological polar surface area (TPSA) is 208 Å². The third-order valence-corrected chi connectivity index (χ3v) is 9.10. The molecule has 0 bridgehead atoms. The summed E-state index contributed by atoms with van der Waals surface area (Å²) in [5.41, 5.74) is 0. The third kappa shape index (κ3) is 8.85. The first-order valence-electron chi connectivity index (χ1n) is 15.0. The Bertz CT molecular complexity index is 832. The first-order chi connectivity index (χ1) is 19.5. The van der Waals surface area contributed by atoms with Crippen molar-refractivity contribution in [2.45, 2.75) is 151 Å². The van der Waals surface area contributed by atoms with Gasteiger partial charge in [0.15, 0.2) is 12.6 Å². The predicted molar refractivity (Wildman–Crippen MR) is 138 cm³/mol. The molecule has 0 aromatic carbocycles. The summed E-state index contributed by atoms with van der Waals surface area (Å²) >= 11 is 0. The van der Waals surface area contributed by atoms with Gasteiger partial charge in [0.25, 0.3) is 0 Å². The molecule has 238 valence electrons. The number of hydrogen-bond acceptors (Lipinski definition) is 13. The maximum absolute atomic E-state index is 12.0. The molecule has 4 fully saturated rings. The number of carbonyl (C=O) groups excluding carboxylic acids is 1. The van der Waals surface area contributed by atoms with Gasteiger partial charge >= 0.3 is 29.6 Å². The predicted octanol–water partition coefficient (Wildman–Crippen LogP) is -4.68. The van der Waals surface area contributed by atoms with E-state index in [0.29, 0.717) is 12.8 Å². The molecule has 2 aliphatic carbocycles. The maximum atomic E-state index is 12.0. The van der Waals surface area contributed by atoms with Crippen LogP contribution in [0.15, 0.2) is 0 Å². The fourth-order valence-electron chi connectivity index (χ4n) is 6.52. The molecule has 0 radical (unpaired) electrons. The molecule has 2 aliphatic heterocycles. The Morgan fingerprint density at radius 1 is 0.833 bits per heavy atom. The van der Waals surface area contributed by atoms with E-state index in [4.69, 9.17) is 23.7 Å². The number of carboxylic acid groups (broad SMARTS) is 1. The summed E-state index contributed by atoms with van der Waals surface area (Å²) in [6.45, 7) is 2.93. The smallest absolute Gasteiger partial charge is 0.547 e. The van der Waals surface area contributed by atoms with Crippen LogP contribution in [0.3, 0.4) is 0 Å². The number of aliphatic hydroxyl groups is 6. The van der Waals surface area contributed by atoms with Crippen molar-refractivity contribution >= 4 is 5.97 Å². The SMILES string of the molecule is CC1CC[C@@H](O[C@@H]2O[C@@H](C)[C@@H](O)[C@@H](O)[C@@H]2O)[C@H](O[C@@H]2O[C@H](CO)[C@H](O)[C@H](O[C@@H](CC3CCCCC3)C(=O)[O-])[C@H]2O)C1.[Na+]. The Kier molecular flexibility index (Phi) is 14.4. The molecule has 2 saturated heterocycles. The number of aliphatic carboxylic acids is 1. The second-order valence-corrected chi connectivity index (χ2v) is 12.3. The molecule has 14 atom stereocenters. The van der Waals surface area contributed by atoms with Crippen molar-refractivity contribution in [1.82, 2.24) is 0 Å². The number of ether oxygens (including phenoxy) is 5. The van der Waals surface area contributed by atoms with E-state index in [1.54, 1.807) is 6.92 Å². The van der Waals surface area contributed by atoms with Gasteiger partial charge in [0.2, 0.25) is 0 Å².